The van der Waals surface area contributed by atoms with E-state index in [1.807, 2.05) is 6.92 Å². The zero-order valence-corrected chi connectivity index (χ0v) is 12.4. The Labute approximate surface area is 122 Å². The Kier molecular flexibility index (Phi) is 5.91. The second-order valence-electron chi connectivity index (χ2n) is 4.49. The van der Waals surface area contributed by atoms with Crippen LogP contribution in [0.2, 0.25) is 10.0 Å². The first-order chi connectivity index (χ1) is 8.84. The average molecular weight is 306 g/mol. The van der Waals surface area contributed by atoms with Crippen molar-refractivity contribution in [3.63, 3.8) is 0 Å². The molecule has 2 N–H and O–H groups in total. The van der Waals surface area contributed by atoms with E-state index in [1.54, 1.807) is 25.1 Å². The van der Waals surface area contributed by atoms with E-state index in [0.717, 1.165) is 0 Å². The predicted molar refractivity (Wildman–Crippen MR) is 75.9 cm³/mol. The van der Waals surface area contributed by atoms with Crippen molar-refractivity contribution in [1.82, 2.24) is 5.32 Å². The van der Waals surface area contributed by atoms with E-state index in [-0.39, 0.29) is 19.1 Å². The third-order valence-electron chi connectivity index (χ3n) is 2.68. The van der Waals surface area contributed by atoms with Crippen molar-refractivity contribution in [3.05, 3.63) is 28.2 Å². The Bertz CT molecular complexity index is 450. The van der Waals surface area contributed by atoms with Gasteiger partial charge in [0.1, 0.15) is 5.75 Å². The number of benzene rings is 1. The number of hydrogen-bond donors (Lipinski definition) is 2. The van der Waals surface area contributed by atoms with Gasteiger partial charge in [-0.1, -0.05) is 30.1 Å². The van der Waals surface area contributed by atoms with Gasteiger partial charge in [-0.2, -0.15) is 0 Å². The summed E-state index contributed by atoms with van der Waals surface area (Å²) >= 11 is 11.7. The number of carbonyl (C=O) groups is 1. The highest BCUT2D eigenvalue weighted by Gasteiger charge is 2.18. The quantitative estimate of drug-likeness (QED) is 0.849. The van der Waals surface area contributed by atoms with Gasteiger partial charge in [-0.25, -0.2) is 0 Å². The van der Waals surface area contributed by atoms with Crippen molar-refractivity contribution in [2.24, 2.45) is 0 Å². The molecule has 6 heteroatoms. The molecule has 1 atom stereocenters. The molecule has 1 rings (SSSR count). The number of hydrogen-bond acceptors (Lipinski definition) is 3. The summed E-state index contributed by atoms with van der Waals surface area (Å²) in [7, 11) is 0. The van der Waals surface area contributed by atoms with Gasteiger partial charge in [0.25, 0.3) is 5.91 Å². The number of carbonyl (C=O) groups excluding carboxylic acids is 1. The van der Waals surface area contributed by atoms with E-state index >= 15 is 0 Å². The third-order valence-corrected chi connectivity index (χ3v) is 3.23. The van der Waals surface area contributed by atoms with Gasteiger partial charge in [0.15, 0.2) is 6.61 Å². The van der Waals surface area contributed by atoms with Gasteiger partial charge in [0.05, 0.1) is 10.6 Å². The molecule has 0 aliphatic heterocycles. The molecule has 0 aromatic heterocycles. The summed E-state index contributed by atoms with van der Waals surface area (Å²) in [5.41, 5.74) is -0.913. The summed E-state index contributed by atoms with van der Waals surface area (Å²) in [4.78, 5) is 11.6. The van der Waals surface area contributed by atoms with Crippen LogP contribution in [-0.2, 0) is 4.79 Å². The minimum atomic E-state index is -0.913. The van der Waals surface area contributed by atoms with Crippen LogP contribution in [0.25, 0.3) is 0 Å². The average Bonchev–Trinajstić information content (AvgIpc) is 2.37. The SMILES string of the molecule is CCC(C)(O)CNC(=O)COc1cc(Cl)ccc1Cl. The molecule has 19 heavy (non-hydrogen) atoms. The van der Waals surface area contributed by atoms with Crippen LogP contribution >= 0.6 is 23.2 Å². The van der Waals surface area contributed by atoms with Crippen molar-refractivity contribution in [1.29, 1.82) is 0 Å². The molecule has 0 aliphatic carbocycles. The predicted octanol–water partition coefficient (Wildman–Crippen LogP) is 2.65. The molecular weight excluding hydrogens is 289 g/mol. The highest BCUT2D eigenvalue weighted by atomic mass is 35.5. The van der Waals surface area contributed by atoms with Crippen molar-refractivity contribution < 1.29 is 14.6 Å². The third kappa shape index (κ3) is 5.68. The number of rotatable bonds is 6. The van der Waals surface area contributed by atoms with Crippen LogP contribution in [0.15, 0.2) is 18.2 Å². The van der Waals surface area contributed by atoms with Gasteiger partial charge in [-0.15, -0.1) is 0 Å². The van der Waals surface area contributed by atoms with E-state index in [2.05, 4.69) is 5.32 Å². The Morgan fingerprint density at radius 2 is 2.16 bits per heavy atom. The Hall–Kier alpha value is -0.970. The highest BCUT2D eigenvalue weighted by molar-refractivity contribution is 6.34. The molecule has 4 nitrogen and oxygen atoms in total. The molecule has 1 aromatic carbocycles. The van der Waals surface area contributed by atoms with Crippen molar-refractivity contribution in [3.8, 4) is 5.75 Å². The first-order valence-corrected chi connectivity index (χ1v) is 6.66. The zero-order chi connectivity index (χ0) is 14.5. The standard InChI is InChI=1S/C13H17Cl2NO3/c1-3-13(2,18)8-16-12(17)7-19-11-6-9(14)4-5-10(11)15/h4-6,18H,3,7-8H2,1-2H3,(H,16,17). The first-order valence-electron chi connectivity index (χ1n) is 5.91. The summed E-state index contributed by atoms with van der Waals surface area (Å²) in [6.45, 7) is 3.49. The van der Waals surface area contributed by atoms with Crippen LogP contribution in [-0.4, -0.2) is 29.8 Å². The van der Waals surface area contributed by atoms with E-state index in [1.165, 1.54) is 0 Å². The van der Waals surface area contributed by atoms with E-state index in [4.69, 9.17) is 27.9 Å². The largest absolute Gasteiger partial charge is 0.482 e. The van der Waals surface area contributed by atoms with Gasteiger partial charge in [-0.05, 0) is 25.5 Å². The normalized spacial score (nSPS) is 13.7. The maximum atomic E-state index is 11.6. The van der Waals surface area contributed by atoms with Crippen molar-refractivity contribution in [2.45, 2.75) is 25.9 Å². The van der Waals surface area contributed by atoms with Crippen LogP contribution in [0, 0.1) is 0 Å². The molecular formula is C13H17Cl2NO3. The molecule has 106 valence electrons. The molecule has 0 bridgehead atoms. The monoisotopic (exact) mass is 305 g/mol. The number of ether oxygens (including phenoxy) is 1. The summed E-state index contributed by atoms with van der Waals surface area (Å²) in [6.07, 6.45) is 0.550. The molecule has 0 aliphatic rings. The van der Waals surface area contributed by atoms with Crippen LogP contribution in [0.1, 0.15) is 20.3 Å². The molecule has 0 saturated carbocycles. The van der Waals surface area contributed by atoms with E-state index in [0.29, 0.717) is 22.2 Å². The van der Waals surface area contributed by atoms with Gasteiger partial charge in [-0.3, -0.25) is 4.79 Å². The smallest absolute Gasteiger partial charge is 0.258 e. The molecule has 1 amide bonds. The lowest BCUT2D eigenvalue weighted by Gasteiger charge is -2.21. The lowest BCUT2D eigenvalue weighted by Crippen LogP contribution is -2.41. The van der Waals surface area contributed by atoms with Gasteiger partial charge >= 0.3 is 0 Å². The molecule has 0 radical (unpaired) electrons. The molecule has 0 heterocycles. The van der Waals surface area contributed by atoms with Crippen LogP contribution < -0.4 is 10.1 Å². The second-order valence-corrected chi connectivity index (χ2v) is 5.33. The van der Waals surface area contributed by atoms with Crippen molar-refractivity contribution >= 4 is 29.1 Å². The minimum Gasteiger partial charge on any atom is -0.482 e. The topological polar surface area (TPSA) is 58.6 Å². The van der Waals surface area contributed by atoms with Gasteiger partial charge in [0.2, 0.25) is 0 Å². The molecule has 0 fully saturated rings. The Morgan fingerprint density at radius 1 is 1.47 bits per heavy atom. The summed E-state index contributed by atoms with van der Waals surface area (Å²) in [5.74, 6) is 0.0244. The first kappa shape index (κ1) is 16.1. The molecule has 1 aromatic rings. The molecule has 0 saturated heterocycles. The molecule has 1 unspecified atom stereocenters. The summed E-state index contributed by atoms with van der Waals surface area (Å²) in [5, 5.41) is 13.2. The highest BCUT2D eigenvalue weighted by Crippen LogP contribution is 2.27. The zero-order valence-electron chi connectivity index (χ0n) is 10.9. The number of aliphatic hydroxyl groups is 1. The maximum Gasteiger partial charge on any atom is 0.258 e. The second kappa shape index (κ2) is 6.98. The maximum absolute atomic E-state index is 11.6. The number of halogens is 2. The summed E-state index contributed by atoms with van der Waals surface area (Å²) in [6, 6.07) is 4.77. The fraction of sp³-hybridized carbons (Fsp3) is 0.462. The Morgan fingerprint density at radius 3 is 2.79 bits per heavy atom. The van der Waals surface area contributed by atoms with Crippen LogP contribution in [0.3, 0.4) is 0 Å². The number of nitrogens with one attached hydrogen (secondary N) is 1. The van der Waals surface area contributed by atoms with E-state index in [9.17, 15) is 9.90 Å². The molecule has 0 spiro atoms. The van der Waals surface area contributed by atoms with Crippen LogP contribution in [0.5, 0.6) is 5.75 Å². The number of amides is 1. The van der Waals surface area contributed by atoms with Crippen molar-refractivity contribution in [2.75, 3.05) is 13.2 Å². The summed E-state index contributed by atoms with van der Waals surface area (Å²) < 4.78 is 5.27. The fourth-order valence-electron chi connectivity index (χ4n) is 1.20. The minimum absolute atomic E-state index is 0.176. The lowest BCUT2D eigenvalue weighted by molar-refractivity contribution is -0.124. The lowest BCUT2D eigenvalue weighted by atomic mass is 10.0. The Balaban J connectivity index is 2.44. The fourth-order valence-corrected chi connectivity index (χ4v) is 1.53. The van der Waals surface area contributed by atoms with Gasteiger partial charge in [0, 0.05) is 17.6 Å². The van der Waals surface area contributed by atoms with Crippen LogP contribution in [0.4, 0.5) is 0 Å². The van der Waals surface area contributed by atoms with Gasteiger partial charge < -0.3 is 15.2 Å². The van der Waals surface area contributed by atoms with E-state index < -0.39 is 5.60 Å².